The van der Waals surface area contributed by atoms with Gasteiger partial charge in [-0.1, -0.05) is 17.7 Å². The van der Waals surface area contributed by atoms with Gasteiger partial charge in [0, 0.05) is 12.0 Å². The summed E-state index contributed by atoms with van der Waals surface area (Å²) in [6.07, 6.45) is 0.774. The van der Waals surface area contributed by atoms with Crippen molar-refractivity contribution in [3.05, 3.63) is 51.0 Å². The van der Waals surface area contributed by atoms with Crippen molar-refractivity contribution in [2.45, 2.75) is 19.4 Å². The van der Waals surface area contributed by atoms with Crippen LogP contribution in [0.5, 0.6) is 17.2 Å². The van der Waals surface area contributed by atoms with Gasteiger partial charge < -0.3 is 19.5 Å². The maximum Gasteiger partial charge on any atom is 0.251 e. The molecule has 0 spiro atoms. The standard InChI is InChI=1S/C19H19BrClNO4/c1-11(12-4-5-16(24-2)14(20)8-12)22-19(23)13-9-15(21)18-17(10-13)25-6-3-7-26-18/h4-5,8-11H,3,6-7H2,1-2H3,(H,22,23). The van der Waals surface area contributed by atoms with E-state index in [-0.39, 0.29) is 11.9 Å². The summed E-state index contributed by atoms with van der Waals surface area (Å²) < 4.78 is 17.3. The van der Waals surface area contributed by atoms with Gasteiger partial charge in [-0.2, -0.15) is 0 Å². The molecule has 26 heavy (non-hydrogen) atoms. The topological polar surface area (TPSA) is 56.8 Å². The Bertz CT molecular complexity index is 827. The van der Waals surface area contributed by atoms with E-state index in [0.29, 0.717) is 35.3 Å². The lowest BCUT2D eigenvalue weighted by Crippen LogP contribution is -2.26. The van der Waals surface area contributed by atoms with Crippen LogP contribution in [0.4, 0.5) is 0 Å². The molecule has 0 aromatic heterocycles. The maximum atomic E-state index is 12.7. The third-order valence-electron chi connectivity index (χ3n) is 4.09. The summed E-state index contributed by atoms with van der Waals surface area (Å²) in [5.74, 6) is 1.50. The molecule has 1 amide bonds. The summed E-state index contributed by atoms with van der Waals surface area (Å²) in [6, 6.07) is 8.76. The Morgan fingerprint density at radius 3 is 2.77 bits per heavy atom. The number of benzene rings is 2. The van der Waals surface area contributed by atoms with Crippen molar-refractivity contribution in [3.63, 3.8) is 0 Å². The minimum absolute atomic E-state index is 0.195. The van der Waals surface area contributed by atoms with Crippen LogP contribution in [0.1, 0.15) is 35.3 Å². The maximum absolute atomic E-state index is 12.7. The lowest BCUT2D eigenvalue weighted by molar-refractivity contribution is 0.0939. The first-order valence-corrected chi connectivity index (χ1v) is 9.40. The molecule has 1 unspecified atom stereocenters. The number of fused-ring (bicyclic) bond motifs is 1. The first-order chi connectivity index (χ1) is 12.5. The van der Waals surface area contributed by atoms with Gasteiger partial charge in [0.1, 0.15) is 5.75 Å². The van der Waals surface area contributed by atoms with Crippen LogP contribution in [0.25, 0.3) is 0 Å². The second-order valence-corrected chi connectivity index (χ2v) is 7.19. The number of halogens is 2. The lowest BCUT2D eigenvalue weighted by atomic mass is 10.1. The van der Waals surface area contributed by atoms with E-state index >= 15 is 0 Å². The van der Waals surface area contributed by atoms with E-state index in [0.717, 1.165) is 22.2 Å². The first-order valence-electron chi connectivity index (χ1n) is 8.23. The van der Waals surface area contributed by atoms with Crippen LogP contribution in [0.3, 0.4) is 0 Å². The van der Waals surface area contributed by atoms with Gasteiger partial charge in [0.15, 0.2) is 11.5 Å². The highest BCUT2D eigenvalue weighted by atomic mass is 79.9. The van der Waals surface area contributed by atoms with Gasteiger partial charge in [0.2, 0.25) is 0 Å². The van der Waals surface area contributed by atoms with Crippen LogP contribution in [-0.2, 0) is 0 Å². The summed E-state index contributed by atoms with van der Waals surface area (Å²) in [5.41, 5.74) is 1.38. The largest absolute Gasteiger partial charge is 0.496 e. The van der Waals surface area contributed by atoms with E-state index in [4.69, 9.17) is 25.8 Å². The zero-order valence-corrected chi connectivity index (χ0v) is 16.8. The second kappa shape index (κ2) is 8.18. The summed E-state index contributed by atoms with van der Waals surface area (Å²) in [6.45, 7) is 2.99. The van der Waals surface area contributed by atoms with Crippen molar-refractivity contribution < 1.29 is 19.0 Å². The van der Waals surface area contributed by atoms with Crippen molar-refractivity contribution in [2.75, 3.05) is 20.3 Å². The van der Waals surface area contributed by atoms with Crippen LogP contribution in [0, 0.1) is 0 Å². The fourth-order valence-electron chi connectivity index (χ4n) is 2.68. The van der Waals surface area contributed by atoms with Crippen LogP contribution in [0.15, 0.2) is 34.8 Å². The zero-order valence-electron chi connectivity index (χ0n) is 14.5. The summed E-state index contributed by atoms with van der Waals surface area (Å²) in [7, 11) is 1.61. The van der Waals surface area contributed by atoms with E-state index in [1.54, 1.807) is 19.2 Å². The number of nitrogens with one attached hydrogen (secondary N) is 1. The number of hydrogen-bond donors (Lipinski definition) is 1. The van der Waals surface area contributed by atoms with E-state index in [1.165, 1.54) is 0 Å². The molecule has 0 aliphatic carbocycles. The van der Waals surface area contributed by atoms with Gasteiger partial charge in [-0.05, 0) is 52.7 Å². The fraction of sp³-hybridized carbons (Fsp3) is 0.316. The van der Waals surface area contributed by atoms with Crippen LogP contribution in [-0.4, -0.2) is 26.2 Å². The van der Waals surface area contributed by atoms with Crippen molar-refractivity contribution >= 4 is 33.4 Å². The number of rotatable bonds is 4. The average Bonchev–Trinajstić information content (AvgIpc) is 2.87. The molecule has 0 saturated carbocycles. The fourth-order valence-corrected chi connectivity index (χ4v) is 3.50. The number of ether oxygens (including phenoxy) is 3. The molecule has 0 saturated heterocycles. The Hall–Kier alpha value is -1.92. The molecular weight excluding hydrogens is 422 g/mol. The van der Waals surface area contributed by atoms with E-state index in [2.05, 4.69) is 21.2 Å². The van der Waals surface area contributed by atoms with Gasteiger partial charge >= 0.3 is 0 Å². The molecule has 1 aliphatic rings. The number of methoxy groups -OCH3 is 1. The second-order valence-electron chi connectivity index (χ2n) is 5.92. The number of carbonyl (C=O) groups is 1. The smallest absolute Gasteiger partial charge is 0.251 e. The Labute approximate surface area is 165 Å². The van der Waals surface area contributed by atoms with E-state index in [1.807, 2.05) is 25.1 Å². The summed E-state index contributed by atoms with van der Waals surface area (Å²) >= 11 is 9.73. The highest BCUT2D eigenvalue weighted by Gasteiger charge is 2.20. The molecule has 0 bridgehead atoms. The number of hydrogen-bond acceptors (Lipinski definition) is 4. The highest BCUT2D eigenvalue weighted by molar-refractivity contribution is 9.10. The zero-order chi connectivity index (χ0) is 18.7. The summed E-state index contributed by atoms with van der Waals surface area (Å²) in [5, 5.41) is 3.34. The normalized spacial score (nSPS) is 14.3. The molecule has 1 atom stereocenters. The minimum atomic E-state index is -0.234. The molecule has 2 aromatic rings. The van der Waals surface area contributed by atoms with Gasteiger partial charge in [-0.15, -0.1) is 0 Å². The molecule has 1 heterocycles. The molecule has 7 heteroatoms. The van der Waals surface area contributed by atoms with Crippen molar-refractivity contribution in [1.82, 2.24) is 5.32 Å². The molecular formula is C19H19BrClNO4. The monoisotopic (exact) mass is 439 g/mol. The molecule has 0 radical (unpaired) electrons. The van der Waals surface area contributed by atoms with Gasteiger partial charge in [-0.3, -0.25) is 4.79 Å². The third kappa shape index (κ3) is 4.07. The molecule has 2 aromatic carbocycles. The Morgan fingerprint density at radius 2 is 2.04 bits per heavy atom. The quantitative estimate of drug-likeness (QED) is 0.744. The highest BCUT2D eigenvalue weighted by Crippen LogP contribution is 2.38. The molecule has 0 fully saturated rings. The Morgan fingerprint density at radius 1 is 1.27 bits per heavy atom. The van der Waals surface area contributed by atoms with Crippen LogP contribution in [0.2, 0.25) is 5.02 Å². The van der Waals surface area contributed by atoms with Crippen LogP contribution >= 0.6 is 27.5 Å². The van der Waals surface area contributed by atoms with Crippen molar-refractivity contribution in [3.8, 4) is 17.2 Å². The Kier molecular flexibility index (Phi) is 5.94. The van der Waals surface area contributed by atoms with Gasteiger partial charge in [-0.25, -0.2) is 0 Å². The van der Waals surface area contributed by atoms with Gasteiger partial charge in [0.05, 0.1) is 35.9 Å². The molecule has 1 aliphatic heterocycles. The molecule has 1 N–H and O–H groups in total. The van der Waals surface area contributed by atoms with Crippen molar-refractivity contribution in [1.29, 1.82) is 0 Å². The van der Waals surface area contributed by atoms with E-state index < -0.39 is 0 Å². The predicted octanol–water partition coefficient (Wildman–Crippen LogP) is 4.76. The molecule has 138 valence electrons. The Balaban J connectivity index is 1.78. The predicted molar refractivity (Wildman–Crippen MR) is 104 cm³/mol. The third-order valence-corrected chi connectivity index (χ3v) is 4.99. The van der Waals surface area contributed by atoms with E-state index in [9.17, 15) is 4.79 Å². The summed E-state index contributed by atoms with van der Waals surface area (Å²) in [4.78, 5) is 12.7. The lowest BCUT2D eigenvalue weighted by Gasteiger charge is -2.17. The van der Waals surface area contributed by atoms with Gasteiger partial charge in [0.25, 0.3) is 5.91 Å². The molecule has 3 rings (SSSR count). The van der Waals surface area contributed by atoms with Crippen molar-refractivity contribution in [2.24, 2.45) is 0 Å². The average molecular weight is 441 g/mol. The SMILES string of the molecule is COc1ccc(C(C)NC(=O)c2cc(Cl)c3c(c2)OCCCO3)cc1Br. The number of amides is 1. The van der Waals surface area contributed by atoms with Crippen LogP contribution < -0.4 is 19.5 Å². The number of carbonyl (C=O) groups excluding carboxylic acids is 1. The minimum Gasteiger partial charge on any atom is -0.496 e. The first kappa shape index (κ1) is 18.9. The molecule has 5 nitrogen and oxygen atoms in total.